The lowest BCUT2D eigenvalue weighted by Crippen LogP contribution is -2.02. The van der Waals surface area contributed by atoms with Crippen LogP contribution in [0, 0.1) is 11.3 Å². The maximum absolute atomic E-state index is 11.6. The van der Waals surface area contributed by atoms with Crippen LogP contribution in [0.2, 0.25) is 0 Å². The number of hydrogen-bond donors (Lipinski definition) is 1. The molecule has 0 aliphatic carbocycles. The van der Waals surface area contributed by atoms with Crippen molar-refractivity contribution in [1.82, 2.24) is 9.78 Å². The first-order valence-corrected chi connectivity index (χ1v) is 9.70. The number of aromatic nitrogens is 2. The summed E-state index contributed by atoms with van der Waals surface area (Å²) < 4.78 is 7.22. The third kappa shape index (κ3) is 4.62. The molecule has 0 aliphatic heterocycles. The standard InChI is InChI=1S/C25H19N3O3/c26-14-21-8-4-5-9-22(21)20-12-10-18(11-13-20)15-28-16-23(25(29)30)24(27-28)31-17-19-6-2-1-3-7-19/h1-13,16H,15,17H2,(H,29,30). The molecule has 4 aromatic rings. The summed E-state index contributed by atoms with van der Waals surface area (Å²) in [6.45, 7) is 0.639. The second-order valence-corrected chi connectivity index (χ2v) is 6.98. The molecule has 0 fully saturated rings. The fraction of sp³-hybridized carbons (Fsp3) is 0.0800. The molecule has 0 unspecified atom stereocenters. The summed E-state index contributed by atoms with van der Waals surface area (Å²) in [6.07, 6.45) is 1.47. The lowest BCUT2D eigenvalue weighted by atomic mass is 9.99. The predicted octanol–water partition coefficient (Wildman–Crippen LogP) is 4.75. The van der Waals surface area contributed by atoms with Gasteiger partial charge in [0.15, 0.2) is 0 Å². The van der Waals surface area contributed by atoms with E-state index in [0.717, 1.165) is 22.3 Å². The van der Waals surface area contributed by atoms with Crippen LogP contribution in [0.5, 0.6) is 5.88 Å². The van der Waals surface area contributed by atoms with Crippen LogP contribution < -0.4 is 4.74 Å². The molecule has 1 heterocycles. The average molecular weight is 409 g/mol. The molecule has 1 N–H and O–H groups in total. The third-order valence-corrected chi connectivity index (χ3v) is 4.83. The first kappa shape index (κ1) is 19.9. The molecule has 31 heavy (non-hydrogen) atoms. The molecule has 6 heteroatoms. The van der Waals surface area contributed by atoms with Crippen molar-refractivity contribution in [2.24, 2.45) is 0 Å². The molecule has 152 valence electrons. The molecule has 0 saturated heterocycles. The number of benzene rings is 3. The Balaban J connectivity index is 1.51. The number of carboxylic acid groups (broad SMARTS) is 1. The first-order chi connectivity index (χ1) is 15.1. The minimum absolute atomic E-state index is 0.0236. The van der Waals surface area contributed by atoms with Crippen molar-refractivity contribution in [3.63, 3.8) is 0 Å². The monoisotopic (exact) mass is 409 g/mol. The molecule has 0 amide bonds. The number of nitrogens with zero attached hydrogens (tertiary/aromatic N) is 3. The van der Waals surface area contributed by atoms with E-state index < -0.39 is 5.97 Å². The van der Waals surface area contributed by atoms with Crippen LogP contribution in [0.25, 0.3) is 11.1 Å². The summed E-state index contributed by atoms with van der Waals surface area (Å²) in [6, 6.07) is 26.9. The zero-order valence-electron chi connectivity index (χ0n) is 16.6. The topological polar surface area (TPSA) is 88.1 Å². The molecule has 4 rings (SSSR count). The van der Waals surface area contributed by atoms with Crippen LogP contribution in [-0.4, -0.2) is 20.9 Å². The molecule has 0 spiro atoms. The van der Waals surface area contributed by atoms with Crippen LogP contribution in [0.15, 0.2) is 85.1 Å². The van der Waals surface area contributed by atoms with E-state index in [1.807, 2.05) is 72.8 Å². The van der Waals surface area contributed by atoms with Crippen molar-refractivity contribution >= 4 is 5.97 Å². The number of rotatable bonds is 7. The van der Waals surface area contributed by atoms with Gasteiger partial charge in [0, 0.05) is 6.20 Å². The number of ether oxygens (including phenoxy) is 1. The summed E-state index contributed by atoms with van der Waals surface area (Å²) in [5, 5.41) is 23.1. The first-order valence-electron chi connectivity index (χ1n) is 9.70. The van der Waals surface area contributed by atoms with E-state index in [1.165, 1.54) is 6.20 Å². The fourth-order valence-electron chi connectivity index (χ4n) is 3.27. The van der Waals surface area contributed by atoms with Gasteiger partial charge in [0.1, 0.15) is 12.2 Å². The zero-order valence-corrected chi connectivity index (χ0v) is 16.6. The normalized spacial score (nSPS) is 10.4. The second-order valence-electron chi connectivity index (χ2n) is 6.98. The Morgan fingerprint density at radius 3 is 2.39 bits per heavy atom. The minimum atomic E-state index is -1.09. The van der Waals surface area contributed by atoms with Crippen LogP contribution in [0.1, 0.15) is 27.0 Å². The molecule has 0 bridgehead atoms. The lowest BCUT2D eigenvalue weighted by Gasteiger charge is -2.07. The second kappa shape index (κ2) is 8.97. The van der Waals surface area contributed by atoms with Gasteiger partial charge in [-0.2, -0.15) is 5.26 Å². The van der Waals surface area contributed by atoms with Gasteiger partial charge in [-0.05, 0) is 28.3 Å². The average Bonchev–Trinajstić information content (AvgIpc) is 3.22. The summed E-state index contributed by atoms with van der Waals surface area (Å²) in [5.41, 5.74) is 4.35. The van der Waals surface area contributed by atoms with Crippen molar-refractivity contribution < 1.29 is 14.6 Å². The van der Waals surface area contributed by atoms with Gasteiger partial charge in [-0.15, -0.1) is 5.10 Å². The molecular formula is C25H19N3O3. The molecule has 0 radical (unpaired) electrons. The van der Waals surface area contributed by atoms with Gasteiger partial charge >= 0.3 is 5.97 Å². The molecule has 6 nitrogen and oxygen atoms in total. The smallest absolute Gasteiger partial charge is 0.342 e. The molecule has 3 aromatic carbocycles. The van der Waals surface area contributed by atoms with Crippen LogP contribution >= 0.6 is 0 Å². The number of carbonyl (C=O) groups is 1. The van der Waals surface area contributed by atoms with E-state index >= 15 is 0 Å². The van der Waals surface area contributed by atoms with Gasteiger partial charge in [-0.25, -0.2) is 4.79 Å². The van der Waals surface area contributed by atoms with Crippen molar-refractivity contribution in [3.05, 3.63) is 107 Å². The van der Waals surface area contributed by atoms with Crippen molar-refractivity contribution in [2.75, 3.05) is 0 Å². The Kier molecular flexibility index (Phi) is 5.77. The van der Waals surface area contributed by atoms with Gasteiger partial charge in [0.2, 0.25) is 5.88 Å². The largest absolute Gasteiger partial charge is 0.477 e. The lowest BCUT2D eigenvalue weighted by molar-refractivity contribution is 0.0691. The van der Waals surface area contributed by atoms with Gasteiger partial charge in [0.25, 0.3) is 0 Å². The fourth-order valence-corrected chi connectivity index (χ4v) is 3.27. The van der Waals surface area contributed by atoms with Crippen molar-refractivity contribution in [2.45, 2.75) is 13.2 Å². The Bertz CT molecular complexity index is 1240. The summed E-state index contributed by atoms with van der Waals surface area (Å²) in [4.78, 5) is 11.6. The number of carboxylic acids is 1. The minimum Gasteiger partial charge on any atom is -0.477 e. The molecule has 1 aromatic heterocycles. The zero-order chi connectivity index (χ0) is 21.6. The van der Waals surface area contributed by atoms with E-state index in [2.05, 4.69) is 11.2 Å². The summed E-state index contributed by atoms with van der Waals surface area (Å²) >= 11 is 0. The highest BCUT2D eigenvalue weighted by atomic mass is 16.5. The van der Waals surface area contributed by atoms with E-state index in [4.69, 9.17) is 4.74 Å². The molecular weight excluding hydrogens is 390 g/mol. The number of aromatic carboxylic acids is 1. The number of nitriles is 1. The predicted molar refractivity (Wildman–Crippen MR) is 116 cm³/mol. The van der Waals surface area contributed by atoms with E-state index in [-0.39, 0.29) is 18.1 Å². The Morgan fingerprint density at radius 2 is 1.68 bits per heavy atom. The van der Waals surface area contributed by atoms with Gasteiger partial charge in [0.05, 0.1) is 18.2 Å². The molecule has 0 atom stereocenters. The SMILES string of the molecule is N#Cc1ccccc1-c1ccc(Cn2cc(C(=O)O)c(OCc3ccccc3)n2)cc1. The van der Waals surface area contributed by atoms with E-state index in [0.29, 0.717) is 12.1 Å². The third-order valence-electron chi connectivity index (χ3n) is 4.83. The van der Waals surface area contributed by atoms with Gasteiger partial charge in [-0.3, -0.25) is 4.68 Å². The highest BCUT2D eigenvalue weighted by Gasteiger charge is 2.17. The van der Waals surface area contributed by atoms with E-state index in [1.54, 1.807) is 10.7 Å². The Hall–Kier alpha value is -4.37. The Labute approximate surface area is 179 Å². The number of hydrogen-bond acceptors (Lipinski definition) is 4. The maximum Gasteiger partial charge on any atom is 0.342 e. The van der Waals surface area contributed by atoms with Gasteiger partial charge < -0.3 is 9.84 Å². The van der Waals surface area contributed by atoms with E-state index in [9.17, 15) is 15.2 Å². The maximum atomic E-state index is 11.6. The van der Waals surface area contributed by atoms with Crippen molar-refractivity contribution in [3.8, 4) is 23.1 Å². The summed E-state index contributed by atoms with van der Waals surface area (Å²) in [7, 11) is 0. The summed E-state index contributed by atoms with van der Waals surface area (Å²) in [5.74, 6) is -0.992. The van der Waals surface area contributed by atoms with Crippen LogP contribution in [-0.2, 0) is 13.2 Å². The Morgan fingerprint density at radius 1 is 0.968 bits per heavy atom. The van der Waals surface area contributed by atoms with Crippen LogP contribution in [0.4, 0.5) is 0 Å². The van der Waals surface area contributed by atoms with Crippen LogP contribution in [0.3, 0.4) is 0 Å². The molecule has 0 saturated carbocycles. The highest BCUT2D eigenvalue weighted by Crippen LogP contribution is 2.24. The van der Waals surface area contributed by atoms with Crippen molar-refractivity contribution in [1.29, 1.82) is 5.26 Å². The quantitative estimate of drug-likeness (QED) is 0.476. The van der Waals surface area contributed by atoms with Gasteiger partial charge in [-0.1, -0.05) is 72.8 Å². The highest BCUT2D eigenvalue weighted by molar-refractivity contribution is 5.89. The molecule has 0 aliphatic rings.